The number of nitrogens with zero attached hydrogens (tertiary/aromatic N) is 3. The van der Waals surface area contributed by atoms with E-state index in [0.717, 1.165) is 17.4 Å². The number of rotatable bonds is 4. The molecule has 0 saturated carbocycles. The zero-order valence-electron chi connectivity index (χ0n) is 13.5. The first kappa shape index (κ1) is 16.7. The van der Waals surface area contributed by atoms with Gasteiger partial charge < -0.3 is 5.32 Å². The number of carbonyl (C=O) groups is 1. The summed E-state index contributed by atoms with van der Waals surface area (Å²) in [6, 6.07) is 7.79. The number of benzene rings is 1. The molecule has 3 heterocycles. The number of halogens is 2. The van der Waals surface area contributed by atoms with E-state index in [0.29, 0.717) is 32.6 Å². The highest BCUT2D eigenvalue weighted by Crippen LogP contribution is 2.30. The first-order valence-corrected chi connectivity index (χ1v) is 8.92. The maximum atomic E-state index is 13.5. The average molecular weight is 387 g/mol. The van der Waals surface area contributed by atoms with Crippen molar-refractivity contribution in [1.29, 1.82) is 0 Å². The van der Waals surface area contributed by atoms with Crippen molar-refractivity contribution in [2.24, 2.45) is 0 Å². The van der Waals surface area contributed by atoms with E-state index in [-0.39, 0.29) is 5.82 Å². The Balaban J connectivity index is 1.76. The second-order valence-electron chi connectivity index (χ2n) is 5.66. The van der Waals surface area contributed by atoms with E-state index in [2.05, 4.69) is 15.4 Å². The molecule has 5 nitrogen and oxygen atoms in total. The SMILES string of the molecule is Cc1nc2c(cnn2-c2csc(C=O)c2)cc1Nc1cc(F)ccc1Cl. The fourth-order valence-corrected chi connectivity index (χ4v) is 3.45. The smallest absolute Gasteiger partial charge is 0.163 e. The molecule has 0 unspecified atom stereocenters. The van der Waals surface area contributed by atoms with Gasteiger partial charge in [-0.25, -0.2) is 14.1 Å². The summed E-state index contributed by atoms with van der Waals surface area (Å²) in [6.45, 7) is 1.84. The topological polar surface area (TPSA) is 59.8 Å². The molecule has 0 aliphatic carbocycles. The Hall–Kier alpha value is -2.77. The molecule has 0 amide bonds. The zero-order valence-corrected chi connectivity index (χ0v) is 15.1. The third kappa shape index (κ3) is 2.95. The van der Waals surface area contributed by atoms with Crippen molar-refractivity contribution in [3.63, 3.8) is 0 Å². The molecule has 0 fully saturated rings. The summed E-state index contributed by atoms with van der Waals surface area (Å²) in [5.74, 6) is -0.375. The average Bonchev–Trinajstić information content (AvgIpc) is 3.24. The van der Waals surface area contributed by atoms with Crippen LogP contribution in [0.5, 0.6) is 0 Å². The van der Waals surface area contributed by atoms with Gasteiger partial charge in [0, 0.05) is 10.8 Å². The highest BCUT2D eigenvalue weighted by Gasteiger charge is 2.12. The first-order chi connectivity index (χ1) is 12.5. The van der Waals surface area contributed by atoms with Gasteiger partial charge in [0.25, 0.3) is 0 Å². The minimum atomic E-state index is -0.375. The Kier molecular flexibility index (Phi) is 4.18. The number of aryl methyl sites for hydroxylation is 1. The summed E-state index contributed by atoms with van der Waals surface area (Å²) in [5, 5.41) is 10.6. The Morgan fingerprint density at radius 1 is 1.27 bits per heavy atom. The van der Waals surface area contributed by atoms with Crippen LogP contribution in [-0.4, -0.2) is 21.1 Å². The number of fused-ring (bicyclic) bond motifs is 1. The van der Waals surface area contributed by atoms with Crippen molar-refractivity contribution in [3.8, 4) is 5.69 Å². The molecule has 0 aliphatic rings. The van der Waals surface area contributed by atoms with Gasteiger partial charge in [0.05, 0.1) is 38.9 Å². The molecule has 8 heteroatoms. The number of thiophene rings is 1. The lowest BCUT2D eigenvalue weighted by Gasteiger charge is -2.11. The van der Waals surface area contributed by atoms with Crippen LogP contribution in [0.25, 0.3) is 16.7 Å². The summed E-state index contributed by atoms with van der Waals surface area (Å²) in [6.07, 6.45) is 2.50. The van der Waals surface area contributed by atoms with Crippen LogP contribution in [0.2, 0.25) is 5.02 Å². The molecule has 0 atom stereocenters. The molecule has 26 heavy (non-hydrogen) atoms. The Bertz CT molecular complexity index is 1140. The molecule has 0 saturated heterocycles. The lowest BCUT2D eigenvalue weighted by Crippen LogP contribution is -2.00. The normalized spacial score (nSPS) is 11.0. The van der Waals surface area contributed by atoms with Crippen molar-refractivity contribution in [1.82, 2.24) is 14.8 Å². The number of aromatic nitrogens is 3. The van der Waals surface area contributed by atoms with Gasteiger partial charge in [-0.1, -0.05) is 11.6 Å². The molecule has 1 aromatic carbocycles. The van der Waals surface area contributed by atoms with Gasteiger partial charge in [0.15, 0.2) is 11.9 Å². The monoisotopic (exact) mass is 386 g/mol. The van der Waals surface area contributed by atoms with Gasteiger partial charge in [-0.3, -0.25) is 4.79 Å². The number of anilines is 2. The number of aldehydes is 1. The van der Waals surface area contributed by atoms with Crippen LogP contribution in [0, 0.1) is 12.7 Å². The van der Waals surface area contributed by atoms with Crippen LogP contribution in [-0.2, 0) is 0 Å². The lowest BCUT2D eigenvalue weighted by atomic mass is 10.2. The molecular weight excluding hydrogens is 375 g/mol. The van der Waals surface area contributed by atoms with Crippen molar-refractivity contribution in [2.45, 2.75) is 6.92 Å². The maximum absolute atomic E-state index is 13.5. The standard InChI is InChI=1S/C18H12ClFN4OS/c1-10-16(23-17-5-12(20)2-3-15(17)19)4-11-7-21-24(18(11)22-10)13-6-14(8-25)26-9-13/h2-9,23H,1H3. The van der Waals surface area contributed by atoms with E-state index in [1.165, 1.54) is 29.5 Å². The van der Waals surface area contributed by atoms with Crippen LogP contribution >= 0.6 is 22.9 Å². The highest BCUT2D eigenvalue weighted by molar-refractivity contribution is 7.12. The molecule has 1 N–H and O–H groups in total. The van der Waals surface area contributed by atoms with E-state index >= 15 is 0 Å². The van der Waals surface area contributed by atoms with Gasteiger partial charge >= 0.3 is 0 Å². The number of hydrogen-bond donors (Lipinski definition) is 1. The van der Waals surface area contributed by atoms with E-state index in [9.17, 15) is 9.18 Å². The Labute approximate surface area is 157 Å². The predicted molar refractivity (Wildman–Crippen MR) is 102 cm³/mol. The minimum Gasteiger partial charge on any atom is -0.353 e. The van der Waals surface area contributed by atoms with E-state index in [1.54, 1.807) is 16.9 Å². The second-order valence-corrected chi connectivity index (χ2v) is 7.01. The summed E-state index contributed by atoms with van der Waals surface area (Å²) >= 11 is 7.47. The second kappa shape index (κ2) is 6.51. The molecule has 0 spiro atoms. The van der Waals surface area contributed by atoms with Crippen LogP contribution in [0.1, 0.15) is 15.4 Å². The van der Waals surface area contributed by atoms with Crippen molar-refractivity contribution in [2.75, 3.05) is 5.32 Å². The lowest BCUT2D eigenvalue weighted by molar-refractivity contribution is 0.112. The molecular formula is C18H12ClFN4OS. The summed E-state index contributed by atoms with van der Waals surface area (Å²) in [5.41, 5.74) is 3.35. The van der Waals surface area contributed by atoms with Crippen LogP contribution in [0.4, 0.5) is 15.8 Å². The van der Waals surface area contributed by atoms with E-state index < -0.39 is 0 Å². The summed E-state index contributed by atoms with van der Waals surface area (Å²) in [7, 11) is 0. The Morgan fingerprint density at radius 2 is 2.12 bits per heavy atom. The van der Waals surface area contributed by atoms with Gasteiger partial charge in [-0.15, -0.1) is 11.3 Å². The van der Waals surface area contributed by atoms with E-state index in [4.69, 9.17) is 11.6 Å². The van der Waals surface area contributed by atoms with Crippen LogP contribution < -0.4 is 5.32 Å². The number of hydrogen-bond acceptors (Lipinski definition) is 5. The van der Waals surface area contributed by atoms with Crippen LogP contribution in [0.15, 0.2) is 41.9 Å². The molecule has 4 rings (SSSR count). The maximum Gasteiger partial charge on any atom is 0.163 e. The highest BCUT2D eigenvalue weighted by atomic mass is 35.5. The van der Waals surface area contributed by atoms with Crippen molar-refractivity contribution in [3.05, 3.63) is 63.3 Å². The molecule has 0 radical (unpaired) electrons. The third-order valence-corrected chi connectivity index (χ3v) is 5.07. The molecule has 0 aliphatic heterocycles. The summed E-state index contributed by atoms with van der Waals surface area (Å²) < 4.78 is 15.2. The first-order valence-electron chi connectivity index (χ1n) is 7.66. The van der Waals surface area contributed by atoms with Crippen LogP contribution in [0.3, 0.4) is 0 Å². The summed E-state index contributed by atoms with van der Waals surface area (Å²) in [4.78, 5) is 16.1. The van der Waals surface area contributed by atoms with Gasteiger partial charge in [-0.05, 0) is 37.3 Å². The largest absolute Gasteiger partial charge is 0.353 e. The fraction of sp³-hybridized carbons (Fsp3) is 0.0556. The number of pyridine rings is 1. The Morgan fingerprint density at radius 3 is 2.88 bits per heavy atom. The predicted octanol–water partition coefficient (Wildman–Crippen LogP) is 5.14. The fourth-order valence-electron chi connectivity index (χ4n) is 2.62. The molecule has 130 valence electrons. The minimum absolute atomic E-state index is 0.375. The third-order valence-electron chi connectivity index (χ3n) is 3.90. The molecule has 0 bridgehead atoms. The quantitative estimate of drug-likeness (QED) is 0.493. The van der Waals surface area contributed by atoms with E-state index in [1.807, 2.05) is 18.4 Å². The van der Waals surface area contributed by atoms with Crippen molar-refractivity contribution >= 4 is 51.6 Å². The van der Waals surface area contributed by atoms with Gasteiger partial charge in [0.1, 0.15) is 5.82 Å². The number of nitrogens with one attached hydrogen (secondary N) is 1. The van der Waals surface area contributed by atoms with Crippen molar-refractivity contribution < 1.29 is 9.18 Å². The molecule has 3 aromatic heterocycles. The molecule has 4 aromatic rings. The van der Waals surface area contributed by atoms with Gasteiger partial charge in [-0.2, -0.15) is 5.10 Å². The zero-order chi connectivity index (χ0) is 18.3. The number of carbonyl (C=O) groups excluding carboxylic acids is 1. The van der Waals surface area contributed by atoms with Gasteiger partial charge in [0.2, 0.25) is 0 Å².